The van der Waals surface area contributed by atoms with Crippen molar-refractivity contribution in [1.82, 2.24) is 0 Å². The molecule has 0 aromatic heterocycles. The van der Waals surface area contributed by atoms with Crippen molar-refractivity contribution >= 4 is 44.5 Å². The Labute approximate surface area is 260 Å². The van der Waals surface area contributed by atoms with E-state index in [1.54, 1.807) is 18.2 Å². The molecule has 0 fully saturated rings. The zero-order valence-corrected chi connectivity index (χ0v) is 25.5. The molecule has 0 aliphatic rings. The second kappa shape index (κ2) is 12.1. The quantitative estimate of drug-likeness (QED) is 0.0666. The standard InChI is InChI=1S/C37H25F3O3SSi/c38-37(39,40)44(41,42)43-35-25-13-16-29(36(35)34-24-12-15-28-14-10-11-23-33(28)34)26-27-45(30-17-4-1-5-18-30,31-19-6-2-7-20-31)32-21-8-3-9-22-32/h1-25H. The van der Waals surface area contributed by atoms with Crippen LogP contribution in [0, 0.1) is 11.5 Å². The summed E-state index contributed by atoms with van der Waals surface area (Å²) in [6.07, 6.45) is 0. The van der Waals surface area contributed by atoms with Crippen LogP contribution in [0.1, 0.15) is 5.56 Å². The van der Waals surface area contributed by atoms with E-state index in [2.05, 4.69) is 11.5 Å². The fraction of sp³-hybridized carbons (Fsp3) is 0.0270. The first-order valence-corrected chi connectivity index (χ1v) is 17.4. The zero-order valence-electron chi connectivity index (χ0n) is 23.7. The smallest absolute Gasteiger partial charge is 0.375 e. The normalized spacial score (nSPS) is 11.9. The van der Waals surface area contributed by atoms with Gasteiger partial charge in [0.25, 0.3) is 0 Å². The van der Waals surface area contributed by atoms with E-state index >= 15 is 0 Å². The van der Waals surface area contributed by atoms with Gasteiger partial charge in [-0.3, -0.25) is 0 Å². The summed E-state index contributed by atoms with van der Waals surface area (Å²) < 4.78 is 70.0. The number of fused-ring (bicyclic) bond motifs is 1. The lowest BCUT2D eigenvalue weighted by molar-refractivity contribution is -0.0499. The summed E-state index contributed by atoms with van der Waals surface area (Å²) in [6.45, 7) is 0. The summed E-state index contributed by atoms with van der Waals surface area (Å²) in [5.41, 5.74) is -0.982. The van der Waals surface area contributed by atoms with Gasteiger partial charge in [0.15, 0.2) is 5.75 Å². The van der Waals surface area contributed by atoms with Crippen molar-refractivity contribution in [2.75, 3.05) is 0 Å². The van der Waals surface area contributed by atoms with Crippen molar-refractivity contribution in [3.63, 3.8) is 0 Å². The molecule has 0 atom stereocenters. The Hall–Kier alpha value is -5.10. The Morgan fingerprint density at radius 1 is 0.578 bits per heavy atom. The average molecular weight is 635 g/mol. The molecule has 0 amide bonds. The van der Waals surface area contributed by atoms with E-state index in [0.717, 1.165) is 20.9 Å². The van der Waals surface area contributed by atoms with Crippen LogP contribution in [-0.2, 0) is 10.1 Å². The summed E-state index contributed by atoms with van der Waals surface area (Å²) in [6, 6.07) is 46.9. The second-order valence-electron chi connectivity index (χ2n) is 10.3. The minimum atomic E-state index is -5.96. The van der Waals surface area contributed by atoms with Crippen LogP contribution >= 0.6 is 0 Å². The largest absolute Gasteiger partial charge is 0.534 e. The maximum absolute atomic E-state index is 13.5. The van der Waals surface area contributed by atoms with Crippen molar-refractivity contribution < 1.29 is 25.8 Å². The number of rotatable bonds is 6. The van der Waals surface area contributed by atoms with Crippen molar-refractivity contribution in [2.24, 2.45) is 0 Å². The molecule has 0 aliphatic heterocycles. The Balaban J connectivity index is 1.68. The third kappa shape index (κ3) is 5.76. The number of halogens is 3. The van der Waals surface area contributed by atoms with Crippen molar-refractivity contribution in [3.8, 4) is 28.3 Å². The van der Waals surface area contributed by atoms with Gasteiger partial charge < -0.3 is 4.18 Å². The summed E-state index contributed by atoms with van der Waals surface area (Å²) >= 11 is 0. The van der Waals surface area contributed by atoms with E-state index in [-0.39, 0.29) is 5.56 Å². The van der Waals surface area contributed by atoms with Gasteiger partial charge in [0, 0.05) is 11.1 Å². The molecule has 8 heteroatoms. The molecule has 6 rings (SSSR count). The van der Waals surface area contributed by atoms with Gasteiger partial charge in [0.2, 0.25) is 8.07 Å². The minimum Gasteiger partial charge on any atom is -0.375 e. The minimum absolute atomic E-state index is 0.159. The SMILES string of the molecule is O=S(=O)(Oc1cccc(C#C[Si](c2ccccc2)(c2ccccc2)c2ccccc2)c1-c1cccc2ccccc12)C(F)(F)F. The maximum Gasteiger partial charge on any atom is 0.534 e. The van der Waals surface area contributed by atoms with Crippen LogP contribution < -0.4 is 19.7 Å². The lowest BCUT2D eigenvalue weighted by Crippen LogP contribution is -2.66. The van der Waals surface area contributed by atoms with Gasteiger partial charge in [-0.25, -0.2) is 0 Å². The number of alkyl halides is 3. The van der Waals surface area contributed by atoms with Crippen molar-refractivity contribution in [1.29, 1.82) is 0 Å². The van der Waals surface area contributed by atoms with Gasteiger partial charge in [0.05, 0.1) is 0 Å². The van der Waals surface area contributed by atoms with Crippen LogP contribution in [0.3, 0.4) is 0 Å². The molecule has 0 unspecified atom stereocenters. The van der Waals surface area contributed by atoms with Gasteiger partial charge in [-0.15, -0.1) is 5.54 Å². The van der Waals surface area contributed by atoms with E-state index in [4.69, 9.17) is 4.18 Å². The van der Waals surface area contributed by atoms with Gasteiger partial charge in [-0.2, -0.15) is 21.6 Å². The molecule has 6 aromatic rings. The topological polar surface area (TPSA) is 43.4 Å². The van der Waals surface area contributed by atoms with Crippen LogP contribution in [-0.4, -0.2) is 22.0 Å². The molecule has 3 nitrogen and oxygen atoms in total. The Bertz CT molecular complexity index is 2040. The zero-order chi connectivity index (χ0) is 31.5. The number of hydrogen-bond donors (Lipinski definition) is 0. The highest BCUT2D eigenvalue weighted by atomic mass is 32.2. The highest BCUT2D eigenvalue weighted by molar-refractivity contribution is 7.88. The van der Waals surface area contributed by atoms with Crippen LogP contribution in [0.2, 0.25) is 0 Å². The van der Waals surface area contributed by atoms with Crippen LogP contribution in [0.4, 0.5) is 13.2 Å². The third-order valence-corrected chi connectivity index (χ3v) is 12.6. The molecule has 0 aliphatic carbocycles. The Morgan fingerprint density at radius 3 is 1.62 bits per heavy atom. The number of benzene rings is 6. The van der Waals surface area contributed by atoms with Gasteiger partial charge in [-0.1, -0.05) is 145 Å². The molecule has 0 heterocycles. The fourth-order valence-electron chi connectivity index (χ4n) is 5.53. The highest BCUT2D eigenvalue weighted by Crippen LogP contribution is 2.39. The molecule has 45 heavy (non-hydrogen) atoms. The molecule has 0 bridgehead atoms. The first-order chi connectivity index (χ1) is 21.7. The molecular weight excluding hydrogens is 610 g/mol. The van der Waals surface area contributed by atoms with Crippen molar-refractivity contribution in [3.05, 3.63) is 157 Å². The molecule has 0 saturated carbocycles. The van der Waals surface area contributed by atoms with E-state index in [9.17, 15) is 21.6 Å². The summed E-state index contributed by atoms with van der Waals surface area (Å²) in [5.74, 6) is 2.88. The first kappa shape index (κ1) is 29.9. The van der Waals surface area contributed by atoms with Crippen LogP contribution in [0.25, 0.3) is 21.9 Å². The van der Waals surface area contributed by atoms with Gasteiger partial charge in [-0.05, 0) is 44.0 Å². The van der Waals surface area contributed by atoms with Gasteiger partial charge >= 0.3 is 15.6 Å². The highest BCUT2D eigenvalue weighted by Gasteiger charge is 2.49. The summed E-state index contributed by atoms with van der Waals surface area (Å²) in [4.78, 5) is 0. The molecule has 0 saturated heterocycles. The lowest BCUT2D eigenvalue weighted by Gasteiger charge is -2.28. The van der Waals surface area contributed by atoms with Crippen LogP contribution in [0.15, 0.2) is 152 Å². The fourth-order valence-corrected chi connectivity index (χ4v) is 9.84. The summed E-state index contributed by atoms with van der Waals surface area (Å²) in [5, 5.41) is 4.60. The number of hydrogen-bond acceptors (Lipinski definition) is 3. The van der Waals surface area contributed by atoms with Crippen LogP contribution in [0.5, 0.6) is 5.75 Å². The monoisotopic (exact) mass is 634 g/mol. The van der Waals surface area contributed by atoms with Gasteiger partial charge in [0.1, 0.15) is 0 Å². The Morgan fingerprint density at radius 2 is 1.07 bits per heavy atom. The maximum atomic E-state index is 13.5. The first-order valence-electron chi connectivity index (χ1n) is 14.0. The van der Waals surface area contributed by atoms with E-state index in [1.165, 1.54) is 12.1 Å². The molecule has 0 spiro atoms. The third-order valence-electron chi connectivity index (χ3n) is 7.57. The predicted octanol–water partition coefficient (Wildman–Crippen LogP) is 6.80. The molecule has 222 valence electrons. The Kier molecular flexibility index (Phi) is 8.06. The average Bonchev–Trinajstić information content (AvgIpc) is 3.06. The molecular formula is C37H25F3O3SSi. The van der Waals surface area contributed by atoms with Crippen molar-refractivity contribution in [2.45, 2.75) is 5.51 Å². The van der Waals surface area contributed by atoms with E-state index in [0.29, 0.717) is 16.5 Å². The molecule has 6 aromatic carbocycles. The molecule has 0 radical (unpaired) electrons. The lowest BCUT2D eigenvalue weighted by atomic mass is 9.94. The second-order valence-corrected chi connectivity index (χ2v) is 15.3. The summed E-state index contributed by atoms with van der Waals surface area (Å²) in [7, 11) is -9.04. The van der Waals surface area contributed by atoms with E-state index in [1.807, 2.05) is 121 Å². The molecule has 0 N–H and O–H groups in total. The predicted molar refractivity (Wildman–Crippen MR) is 176 cm³/mol. The van der Waals surface area contributed by atoms with E-state index < -0.39 is 29.4 Å².